The molecule has 1 aliphatic heterocycles. The summed E-state index contributed by atoms with van der Waals surface area (Å²) in [4.78, 5) is 25.1. The number of amides is 1. The first kappa shape index (κ1) is 15.0. The Labute approximate surface area is 108 Å². The molecular weight excluding hydrogens is 234 g/mol. The summed E-state index contributed by atoms with van der Waals surface area (Å²) in [6.07, 6.45) is 2.97. The molecular formula is C13H23NO4. The molecule has 0 spiro atoms. The van der Waals surface area contributed by atoms with E-state index in [2.05, 4.69) is 0 Å². The van der Waals surface area contributed by atoms with Crippen molar-refractivity contribution in [3.63, 3.8) is 0 Å². The van der Waals surface area contributed by atoms with Crippen LogP contribution in [0.25, 0.3) is 0 Å². The molecule has 0 radical (unpaired) electrons. The van der Waals surface area contributed by atoms with Crippen molar-refractivity contribution in [2.75, 3.05) is 33.4 Å². The second kappa shape index (κ2) is 8.08. The van der Waals surface area contributed by atoms with Gasteiger partial charge in [0.25, 0.3) is 0 Å². The van der Waals surface area contributed by atoms with Crippen LogP contribution in [0, 0.1) is 5.92 Å². The molecule has 1 unspecified atom stereocenters. The molecule has 5 nitrogen and oxygen atoms in total. The maximum Gasteiger partial charge on any atom is 0.311 e. The Balaban J connectivity index is 2.28. The van der Waals surface area contributed by atoms with E-state index in [1.54, 1.807) is 12.0 Å². The lowest BCUT2D eigenvalue weighted by molar-refractivity contribution is -0.148. The molecule has 0 N–H and O–H groups in total. The monoisotopic (exact) mass is 257 g/mol. The zero-order valence-electron chi connectivity index (χ0n) is 11.3. The van der Waals surface area contributed by atoms with E-state index in [0.29, 0.717) is 26.3 Å². The van der Waals surface area contributed by atoms with E-state index in [4.69, 9.17) is 9.47 Å². The summed E-state index contributed by atoms with van der Waals surface area (Å²) in [5, 5.41) is 0. The Morgan fingerprint density at radius 3 is 2.83 bits per heavy atom. The number of hydrogen-bond acceptors (Lipinski definition) is 4. The van der Waals surface area contributed by atoms with Gasteiger partial charge in [0.15, 0.2) is 0 Å². The Morgan fingerprint density at radius 1 is 1.39 bits per heavy atom. The first-order chi connectivity index (χ1) is 8.69. The van der Waals surface area contributed by atoms with Crippen LogP contribution in [0.1, 0.15) is 32.6 Å². The third-order valence-corrected chi connectivity index (χ3v) is 3.07. The molecule has 0 aromatic carbocycles. The van der Waals surface area contributed by atoms with Gasteiger partial charge in [0.2, 0.25) is 5.91 Å². The average Bonchev–Trinajstić information content (AvgIpc) is 2.72. The van der Waals surface area contributed by atoms with Gasteiger partial charge in [-0.05, 0) is 12.8 Å². The fourth-order valence-corrected chi connectivity index (χ4v) is 1.98. The highest BCUT2D eigenvalue weighted by Gasteiger charge is 2.34. The predicted molar refractivity (Wildman–Crippen MR) is 67.0 cm³/mol. The zero-order valence-corrected chi connectivity index (χ0v) is 11.3. The fraction of sp³-hybridized carbons (Fsp3) is 0.846. The lowest BCUT2D eigenvalue weighted by Gasteiger charge is -2.15. The molecule has 0 aromatic rings. The largest absolute Gasteiger partial charge is 0.465 e. The average molecular weight is 257 g/mol. The molecule has 1 fully saturated rings. The van der Waals surface area contributed by atoms with E-state index in [-0.39, 0.29) is 24.2 Å². The van der Waals surface area contributed by atoms with Gasteiger partial charge >= 0.3 is 5.97 Å². The number of nitrogens with zero attached hydrogens (tertiary/aromatic N) is 1. The van der Waals surface area contributed by atoms with E-state index in [1.165, 1.54) is 0 Å². The number of esters is 1. The normalized spacial score (nSPS) is 19.3. The van der Waals surface area contributed by atoms with Gasteiger partial charge < -0.3 is 14.4 Å². The molecule has 18 heavy (non-hydrogen) atoms. The molecule has 0 bridgehead atoms. The number of unbranched alkanes of at least 4 members (excludes halogenated alkanes) is 1. The molecule has 1 amide bonds. The second-order valence-corrected chi connectivity index (χ2v) is 4.61. The van der Waals surface area contributed by atoms with Gasteiger partial charge in [0.1, 0.15) is 0 Å². The van der Waals surface area contributed by atoms with Crippen molar-refractivity contribution in [2.24, 2.45) is 5.92 Å². The van der Waals surface area contributed by atoms with E-state index >= 15 is 0 Å². The second-order valence-electron chi connectivity index (χ2n) is 4.61. The predicted octanol–water partition coefficient (Wildman–Crippen LogP) is 1.21. The minimum Gasteiger partial charge on any atom is -0.465 e. The van der Waals surface area contributed by atoms with Crippen LogP contribution in [0.15, 0.2) is 0 Å². The minimum atomic E-state index is -0.281. The molecule has 1 heterocycles. The van der Waals surface area contributed by atoms with Crippen LogP contribution in [-0.4, -0.2) is 50.2 Å². The molecule has 1 aliphatic rings. The highest BCUT2D eigenvalue weighted by molar-refractivity contribution is 5.86. The van der Waals surface area contributed by atoms with Crippen molar-refractivity contribution in [3.8, 4) is 0 Å². The van der Waals surface area contributed by atoms with Crippen LogP contribution >= 0.6 is 0 Å². The summed E-state index contributed by atoms with van der Waals surface area (Å²) < 4.78 is 10.1. The van der Waals surface area contributed by atoms with Gasteiger partial charge in [-0.25, -0.2) is 0 Å². The smallest absolute Gasteiger partial charge is 0.311 e. The van der Waals surface area contributed by atoms with Crippen LogP contribution < -0.4 is 0 Å². The number of likely N-dealkylation sites (tertiary alicyclic amines) is 1. The van der Waals surface area contributed by atoms with Crippen LogP contribution in [0.4, 0.5) is 0 Å². The lowest BCUT2D eigenvalue weighted by Crippen LogP contribution is -2.28. The van der Waals surface area contributed by atoms with E-state index in [1.807, 2.05) is 6.92 Å². The number of carbonyl (C=O) groups is 2. The fourth-order valence-electron chi connectivity index (χ4n) is 1.98. The van der Waals surface area contributed by atoms with Crippen LogP contribution in [0.3, 0.4) is 0 Å². The van der Waals surface area contributed by atoms with Gasteiger partial charge in [-0.3, -0.25) is 9.59 Å². The van der Waals surface area contributed by atoms with Gasteiger partial charge in [-0.15, -0.1) is 0 Å². The standard InChI is InChI=1S/C13H23NO4/c1-3-4-8-18-13(16)11-9-12(15)14(10-11)6-5-7-17-2/h11H,3-10H2,1-2H3. The van der Waals surface area contributed by atoms with Crippen molar-refractivity contribution < 1.29 is 19.1 Å². The summed E-state index contributed by atoms with van der Waals surface area (Å²) in [5.74, 6) is -0.466. The van der Waals surface area contributed by atoms with Crippen molar-refractivity contribution in [1.82, 2.24) is 4.90 Å². The summed E-state index contributed by atoms with van der Waals surface area (Å²) >= 11 is 0. The summed E-state index contributed by atoms with van der Waals surface area (Å²) in [6, 6.07) is 0. The number of hydrogen-bond donors (Lipinski definition) is 0. The van der Waals surface area contributed by atoms with E-state index < -0.39 is 0 Å². The topological polar surface area (TPSA) is 55.8 Å². The quantitative estimate of drug-likeness (QED) is 0.484. The molecule has 0 aliphatic carbocycles. The Kier molecular flexibility index (Phi) is 6.72. The summed E-state index contributed by atoms with van der Waals surface area (Å²) in [7, 11) is 1.64. The highest BCUT2D eigenvalue weighted by Crippen LogP contribution is 2.19. The molecule has 104 valence electrons. The Morgan fingerprint density at radius 2 is 2.17 bits per heavy atom. The van der Waals surface area contributed by atoms with Gasteiger partial charge in [0, 0.05) is 33.2 Å². The molecule has 0 aromatic heterocycles. The third-order valence-electron chi connectivity index (χ3n) is 3.07. The van der Waals surface area contributed by atoms with Crippen molar-refractivity contribution in [1.29, 1.82) is 0 Å². The number of methoxy groups -OCH3 is 1. The van der Waals surface area contributed by atoms with Crippen molar-refractivity contribution >= 4 is 11.9 Å². The number of carbonyl (C=O) groups excluding carboxylic acids is 2. The molecule has 0 saturated carbocycles. The maximum atomic E-state index is 11.7. The SMILES string of the molecule is CCCCOC(=O)C1CC(=O)N(CCCOC)C1. The van der Waals surface area contributed by atoms with Crippen molar-refractivity contribution in [3.05, 3.63) is 0 Å². The first-order valence-corrected chi connectivity index (χ1v) is 6.62. The Hall–Kier alpha value is -1.10. The van der Waals surface area contributed by atoms with Gasteiger partial charge in [-0.1, -0.05) is 13.3 Å². The summed E-state index contributed by atoms with van der Waals surface area (Å²) in [6.45, 7) is 4.29. The van der Waals surface area contributed by atoms with Gasteiger partial charge in [0.05, 0.1) is 12.5 Å². The van der Waals surface area contributed by atoms with E-state index in [0.717, 1.165) is 19.3 Å². The van der Waals surface area contributed by atoms with Crippen LogP contribution in [-0.2, 0) is 19.1 Å². The third kappa shape index (κ3) is 4.64. The first-order valence-electron chi connectivity index (χ1n) is 6.62. The molecule has 1 rings (SSSR count). The number of rotatable bonds is 8. The van der Waals surface area contributed by atoms with Crippen LogP contribution in [0.5, 0.6) is 0 Å². The zero-order chi connectivity index (χ0) is 13.4. The highest BCUT2D eigenvalue weighted by atomic mass is 16.5. The minimum absolute atomic E-state index is 0.0449. The van der Waals surface area contributed by atoms with Crippen LogP contribution in [0.2, 0.25) is 0 Å². The maximum absolute atomic E-state index is 11.7. The lowest BCUT2D eigenvalue weighted by atomic mass is 10.1. The molecule has 5 heteroatoms. The van der Waals surface area contributed by atoms with E-state index in [9.17, 15) is 9.59 Å². The molecule has 1 saturated heterocycles. The Bertz CT molecular complexity index is 280. The van der Waals surface area contributed by atoms with Crippen molar-refractivity contribution in [2.45, 2.75) is 32.6 Å². The van der Waals surface area contributed by atoms with Gasteiger partial charge in [-0.2, -0.15) is 0 Å². The molecule has 1 atom stereocenters. The number of ether oxygens (including phenoxy) is 2. The summed E-state index contributed by atoms with van der Waals surface area (Å²) in [5.41, 5.74) is 0.